The van der Waals surface area contributed by atoms with Crippen molar-refractivity contribution in [2.75, 3.05) is 11.9 Å². The van der Waals surface area contributed by atoms with Crippen LogP contribution in [0.25, 0.3) is 0 Å². The van der Waals surface area contributed by atoms with Crippen molar-refractivity contribution in [3.05, 3.63) is 23.8 Å². The van der Waals surface area contributed by atoms with Gasteiger partial charge in [0.25, 0.3) is 0 Å². The number of hydrogen-bond acceptors (Lipinski definition) is 3. The Kier molecular flexibility index (Phi) is 4.15. The van der Waals surface area contributed by atoms with E-state index in [1.807, 2.05) is 19.1 Å². The van der Waals surface area contributed by atoms with Crippen molar-refractivity contribution >= 4 is 11.6 Å². The number of rotatable bonds is 5. The van der Waals surface area contributed by atoms with Gasteiger partial charge in [-0.2, -0.15) is 0 Å². The van der Waals surface area contributed by atoms with Crippen molar-refractivity contribution in [1.82, 2.24) is 0 Å². The number of benzene rings is 1. The van der Waals surface area contributed by atoms with Crippen LogP contribution in [-0.4, -0.2) is 17.6 Å². The number of anilines is 1. The molecule has 2 atom stereocenters. The molecule has 0 heterocycles. The molecule has 1 amide bonds. The molecule has 0 spiro atoms. The highest BCUT2D eigenvalue weighted by atomic mass is 16.5. The van der Waals surface area contributed by atoms with Crippen LogP contribution in [0.5, 0.6) is 5.75 Å². The minimum Gasteiger partial charge on any atom is -0.494 e. The molecule has 2 aliphatic carbocycles. The average molecular weight is 289 g/mol. The van der Waals surface area contributed by atoms with Gasteiger partial charge in [0.2, 0.25) is 5.91 Å². The maximum atomic E-state index is 12.3. The van der Waals surface area contributed by atoms with Crippen LogP contribution in [0, 0.1) is 17.8 Å². The number of carbonyl (C=O) groups excluding carboxylic acids is 1. The molecule has 3 rings (SSSR count). The summed E-state index contributed by atoms with van der Waals surface area (Å²) in [6.45, 7) is 2.38. The summed E-state index contributed by atoms with van der Waals surface area (Å²) in [6.07, 6.45) is 4.94. The van der Waals surface area contributed by atoms with E-state index >= 15 is 0 Å². The van der Waals surface area contributed by atoms with Crippen molar-refractivity contribution in [3.8, 4) is 5.75 Å². The fourth-order valence-electron chi connectivity index (χ4n) is 3.68. The Labute approximate surface area is 125 Å². The van der Waals surface area contributed by atoms with Gasteiger partial charge in [0, 0.05) is 17.2 Å². The lowest BCUT2D eigenvalue weighted by Gasteiger charge is -2.11. The molecular formula is C17H23NO3. The second-order valence-corrected chi connectivity index (χ2v) is 6.04. The van der Waals surface area contributed by atoms with Crippen LogP contribution in [0.2, 0.25) is 0 Å². The van der Waals surface area contributed by atoms with Gasteiger partial charge in [0.1, 0.15) is 5.75 Å². The molecule has 4 nitrogen and oxygen atoms in total. The monoisotopic (exact) mass is 289 g/mol. The van der Waals surface area contributed by atoms with E-state index in [2.05, 4.69) is 5.32 Å². The molecule has 0 bridgehead atoms. The maximum Gasteiger partial charge on any atom is 0.228 e. The molecule has 1 aromatic carbocycles. The first-order chi connectivity index (χ1) is 10.2. The van der Waals surface area contributed by atoms with E-state index in [1.165, 1.54) is 25.7 Å². The number of aliphatic hydroxyl groups excluding tert-OH is 1. The first-order valence-electron chi connectivity index (χ1n) is 7.92. The lowest BCUT2D eigenvalue weighted by Crippen LogP contribution is -2.15. The van der Waals surface area contributed by atoms with Gasteiger partial charge in [0.15, 0.2) is 0 Å². The number of amides is 1. The van der Waals surface area contributed by atoms with E-state index in [1.54, 1.807) is 6.07 Å². The minimum atomic E-state index is -0.0896. The second kappa shape index (κ2) is 6.06. The molecule has 2 fully saturated rings. The Hall–Kier alpha value is -1.55. The maximum absolute atomic E-state index is 12.3. The van der Waals surface area contributed by atoms with Crippen LogP contribution < -0.4 is 10.1 Å². The van der Waals surface area contributed by atoms with E-state index in [0.717, 1.165) is 5.69 Å². The Morgan fingerprint density at radius 1 is 1.33 bits per heavy atom. The molecule has 0 aliphatic heterocycles. The summed E-state index contributed by atoms with van der Waals surface area (Å²) in [6, 6.07) is 5.45. The van der Waals surface area contributed by atoms with Crippen molar-refractivity contribution in [1.29, 1.82) is 0 Å². The van der Waals surface area contributed by atoms with E-state index in [4.69, 9.17) is 4.74 Å². The van der Waals surface area contributed by atoms with Crippen LogP contribution in [0.1, 0.15) is 38.2 Å². The second-order valence-electron chi connectivity index (χ2n) is 6.04. The van der Waals surface area contributed by atoms with Gasteiger partial charge in [-0.25, -0.2) is 0 Å². The highest BCUT2D eigenvalue weighted by Crippen LogP contribution is 2.55. The summed E-state index contributed by atoms with van der Waals surface area (Å²) < 4.78 is 5.45. The van der Waals surface area contributed by atoms with Crippen molar-refractivity contribution in [3.63, 3.8) is 0 Å². The molecule has 2 saturated carbocycles. The Bertz CT molecular complexity index is 517. The van der Waals surface area contributed by atoms with E-state index in [-0.39, 0.29) is 18.4 Å². The van der Waals surface area contributed by atoms with Gasteiger partial charge in [-0.1, -0.05) is 12.8 Å². The Morgan fingerprint density at radius 3 is 2.67 bits per heavy atom. The van der Waals surface area contributed by atoms with Gasteiger partial charge in [-0.3, -0.25) is 4.79 Å². The molecule has 0 saturated heterocycles. The van der Waals surface area contributed by atoms with E-state index < -0.39 is 0 Å². The predicted molar refractivity (Wildman–Crippen MR) is 81.1 cm³/mol. The largest absolute Gasteiger partial charge is 0.494 e. The van der Waals surface area contributed by atoms with Crippen molar-refractivity contribution in [2.45, 2.75) is 39.2 Å². The molecule has 2 N–H and O–H groups in total. The standard InChI is InChI=1S/C17H23NO3/c1-2-21-15-8-7-12(9-11(15)10-19)18-17(20)16-13-5-3-4-6-14(13)16/h7-9,13-14,16,19H,2-6,10H2,1H3,(H,18,20). The van der Waals surface area contributed by atoms with Crippen molar-refractivity contribution < 1.29 is 14.6 Å². The van der Waals surface area contributed by atoms with Crippen LogP contribution in [-0.2, 0) is 11.4 Å². The van der Waals surface area contributed by atoms with E-state index in [0.29, 0.717) is 29.8 Å². The highest BCUT2D eigenvalue weighted by molar-refractivity contribution is 5.95. The topological polar surface area (TPSA) is 58.6 Å². The zero-order valence-electron chi connectivity index (χ0n) is 12.5. The van der Waals surface area contributed by atoms with Gasteiger partial charge in [0.05, 0.1) is 13.2 Å². The van der Waals surface area contributed by atoms with Gasteiger partial charge >= 0.3 is 0 Å². The summed E-state index contributed by atoms with van der Waals surface area (Å²) in [5.74, 6) is 2.24. The van der Waals surface area contributed by atoms with Gasteiger partial charge < -0.3 is 15.2 Å². The number of ether oxygens (including phenoxy) is 1. The van der Waals surface area contributed by atoms with Crippen LogP contribution >= 0.6 is 0 Å². The molecular weight excluding hydrogens is 266 g/mol. The number of hydrogen-bond donors (Lipinski definition) is 2. The fraction of sp³-hybridized carbons (Fsp3) is 0.588. The quantitative estimate of drug-likeness (QED) is 0.876. The number of nitrogens with one attached hydrogen (secondary N) is 1. The van der Waals surface area contributed by atoms with Crippen LogP contribution in [0.4, 0.5) is 5.69 Å². The molecule has 114 valence electrons. The predicted octanol–water partition coefficient (Wildman–Crippen LogP) is 2.95. The third-order valence-corrected chi connectivity index (χ3v) is 4.76. The molecule has 2 aliphatic rings. The molecule has 0 radical (unpaired) electrons. The SMILES string of the molecule is CCOc1ccc(NC(=O)C2C3CCCCC32)cc1CO. The summed E-state index contributed by atoms with van der Waals surface area (Å²) in [7, 11) is 0. The third kappa shape index (κ3) is 2.91. The van der Waals surface area contributed by atoms with Crippen LogP contribution in [0.3, 0.4) is 0 Å². The van der Waals surface area contributed by atoms with Crippen molar-refractivity contribution in [2.24, 2.45) is 17.8 Å². The normalized spacial score (nSPS) is 26.9. The zero-order valence-corrected chi connectivity index (χ0v) is 12.5. The lowest BCUT2D eigenvalue weighted by molar-refractivity contribution is -0.117. The Morgan fingerprint density at radius 2 is 2.05 bits per heavy atom. The summed E-state index contributed by atoms with van der Waals surface area (Å²) >= 11 is 0. The smallest absolute Gasteiger partial charge is 0.228 e. The summed E-state index contributed by atoms with van der Waals surface area (Å²) in [5.41, 5.74) is 1.46. The Balaban J connectivity index is 1.66. The molecule has 21 heavy (non-hydrogen) atoms. The fourth-order valence-corrected chi connectivity index (χ4v) is 3.68. The zero-order chi connectivity index (χ0) is 14.8. The van der Waals surface area contributed by atoms with Gasteiger partial charge in [-0.05, 0) is 49.8 Å². The minimum absolute atomic E-state index is 0.0896. The van der Waals surface area contributed by atoms with Gasteiger partial charge in [-0.15, -0.1) is 0 Å². The molecule has 2 unspecified atom stereocenters. The summed E-state index contributed by atoms with van der Waals surface area (Å²) in [5, 5.41) is 12.4. The van der Waals surface area contributed by atoms with Crippen LogP contribution in [0.15, 0.2) is 18.2 Å². The first-order valence-corrected chi connectivity index (χ1v) is 7.92. The molecule has 4 heteroatoms. The first kappa shape index (κ1) is 14.4. The third-order valence-electron chi connectivity index (χ3n) is 4.76. The lowest BCUT2D eigenvalue weighted by atomic mass is 10.0. The average Bonchev–Trinajstić information content (AvgIpc) is 3.23. The number of fused-ring (bicyclic) bond motifs is 1. The van der Waals surface area contributed by atoms with E-state index in [9.17, 15) is 9.90 Å². The summed E-state index contributed by atoms with van der Waals surface area (Å²) in [4.78, 5) is 12.3. The molecule has 0 aromatic heterocycles. The molecule has 1 aromatic rings. The highest BCUT2D eigenvalue weighted by Gasteiger charge is 2.54. The number of aliphatic hydroxyl groups is 1. The number of carbonyl (C=O) groups is 1.